The van der Waals surface area contributed by atoms with Crippen LogP contribution < -0.4 is 0 Å². The number of hydrogen-bond acceptors (Lipinski definition) is 6. The van der Waals surface area contributed by atoms with Crippen molar-refractivity contribution >= 4 is 5.91 Å². The summed E-state index contributed by atoms with van der Waals surface area (Å²) < 4.78 is 23.0. The zero-order valence-electron chi connectivity index (χ0n) is 19.9. The number of rotatable bonds is 13. The standard InChI is InChI=1S/C24H43NO6/c1-5-30-24-20(11-13-28-15-16-29-14-12-26)21(18(2)3)17-22(31-24)23(27)25(4)19-9-7-6-8-10-19/h17-21,24,26H,5-16H2,1-4H3. The van der Waals surface area contributed by atoms with Crippen LogP contribution in [0.2, 0.25) is 0 Å². The van der Waals surface area contributed by atoms with E-state index in [1.165, 1.54) is 19.3 Å². The molecule has 7 nitrogen and oxygen atoms in total. The number of amides is 1. The second-order valence-electron chi connectivity index (χ2n) is 8.90. The van der Waals surface area contributed by atoms with Gasteiger partial charge in [-0.05, 0) is 44.1 Å². The molecule has 1 N–H and O–H groups in total. The van der Waals surface area contributed by atoms with Crippen molar-refractivity contribution in [2.24, 2.45) is 17.8 Å². The summed E-state index contributed by atoms with van der Waals surface area (Å²) in [7, 11) is 1.90. The Kier molecular flexibility index (Phi) is 11.9. The third-order valence-electron chi connectivity index (χ3n) is 6.39. The molecule has 3 atom stereocenters. The molecular weight excluding hydrogens is 398 g/mol. The Balaban J connectivity index is 2.01. The van der Waals surface area contributed by atoms with E-state index in [1.54, 1.807) is 0 Å². The lowest BCUT2D eigenvalue weighted by Gasteiger charge is -2.40. The number of allylic oxidation sites excluding steroid dienone is 1. The van der Waals surface area contributed by atoms with Crippen molar-refractivity contribution in [3.8, 4) is 0 Å². The maximum atomic E-state index is 13.2. The Morgan fingerprint density at radius 1 is 1.16 bits per heavy atom. The van der Waals surface area contributed by atoms with Gasteiger partial charge in [-0.15, -0.1) is 0 Å². The lowest BCUT2D eigenvalue weighted by Crippen LogP contribution is -2.44. The minimum Gasteiger partial charge on any atom is -0.459 e. The van der Waals surface area contributed by atoms with Crippen molar-refractivity contribution in [3.63, 3.8) is 0 Å². The molecule has 0 bridgehead atoms. The first-order valence-electron chi connectivity index (χ1n) is 12.0. The SMILES string of the molecule is CCOC1OC(C(=O)N(C)C2CCCCC2)=CC(C(C)C)C1CCOCCOCCO. The van der Waals surface area contributed by atoms with Crippen LogP contribution in [0.4, 0.5) is 0 Å². The maximum absolute atomic E-state index is 13.2. The fraction of sp³-hybridized carbons (Fsp3) is 0.875. The Bertz CT molecular complexity index is 546. The Morgan fingerprint density at radius 3 is 2.45 bits per heavy atom. The van der Waals surface area contributed by atoms with E-state index in [0.29, 0.717) is 50.8 Å². The van der Waals surface area contributed by atoms with Gasteiger partial charge in [0.05, 0.1) is 26.4 Å². The molecule has 1 saturated carbocycles. The highest BCUT2D eigenvalue weighted by Gasteiger charge is 2.39. The fourth-order valence-electron chi connectivity index (χ4n) is 4.60. The third-order valence-corrected chi connectivity index (χ3v) is 6.39. The van der Waals surface area contributed by atoms with Gasteiger partial charge in [0.1, 0.15) is 0 Å². The quantitative estimate of drug-likeness (QED) is 0.442. The molecule has 3 unspecified atom stereocenters. The Labute approximate surface area is 188 Å². The van der Waals surface area contributed by atoms with Gasteiger partial charge in [0.15, 0.2) is 5.76 Å². The number of likely N-dealkylation sites (N-methyl/N-ethyl adjacent to an activating group) is 1. The van der Waals surface area contributed by atoms with Crippen molar-refractivity contribution in [2.75, 3.05) is 46.7 Å². The summed E-state index contributed by atoms with van der Waals surface area (Å²) in [4.78, 5) is 15.1. The highest BCUT2D eigenvalue weighted by Crippen LogP contribution is 2.37. The lowest BCUT2D eigenvalue weighted by atomic mass is 9.79. The van der Waals surface area contributed by atoms with Gasteiger partial charge in [-0.3, -0.25) is 4.79 Å². The largest absolute Gasteiger partial charge is 0.459 e. The van der Waals surface area contributed by atoms with Crippen molar-refractivity contribution in [3.05, 3.63) is 11.8 Å². The van der Waals surface area contributed by atoms with Crippen LogP contribution in [0.5, 0.6) is 0 Å². The number of nitrogens with zero attached hydrogens (tertiary/aromatic N) is 1. The summed E-state index contributed by atoms with van der Waals surface area (Å²) in [6.07, 6.45) is 8.13. The van der Waals surface area contributed by atoms with E-state index >= 15 is 0 Å². The molecular formula is C24H43NO6. The average molecular weight is 442 g/mol. The summed E-state index contributed by atoms with van der Waals surface area (Å²) in [6.45, 7) is 8.73. The molecule has 1 aliphatic heterocycles. The Morgan fingerprint density at radius 2 is 1.84 bits per heavy atom. The van der Waals surface area contributed by atoms with Crippen LogP contribution in [0.15, 0.2) is 11.8 Å². The predicted molar refractivity (Wildman–Crippen MR) is 119 cm³/mol. The molecule has 0 aromatic rings. The van der Waals surface area contributed by atoms with Crippen molar-refractivity contribution in [1.29, 1.82) is 0 Å². The smallest absolute Gasteiger partial charge is 0.288 e. The molecule has 0 aromatic carbocycles. The van der Waals surface area contributed by atoms with Gasteiger partial charge in [0, 0.05) is 32.2 Å². The minimum atomic E-state index is -0.449. The molecule has 1 aliphatic carbocycles. The molecule has 0 saturated heterocycles. The van der Waals surface area contributed by atoms with E-state index in [1.807, 2.05) is 24.9 Å². The first-order valence-corrected chi connectivity index (χ1v) is 12.0. The first kappa shape index (κ1) is 26.1. The molecule has 0 spiro atoms. The van der Waals surface area contributed by atoms with E-state index in [0.717, 1.165) is 19.3 Å². The van der Waals surface area contributed by atoms with Crippen molar-refractivity contribution < 1.29 is 28.8 Å². The molecule has 31 heavy (non-hydrogen) atoms. The number of ether oxygens (including phenoxy) is 4. The van der Waals surface area contributed by atoms with Gasteiger partial charge in [-0.1, -0.05) is 33.1 Å². The number of aliphatic hydroxyl groups is 1. The highest BCUT2D eigenvalue weighted by molar-refractivity contribution is 5.91. The lowest BCUT2D eigenvalue weighted by molar-refractivity contribution is -0.180. The summed E-state index contributed by atoms with van der Waals surface area (Å²) in [5.41, 5.74) is 0. The minimum absolute atomic E-state index is 0.0227. The second-order valence-corrected chi connectivity index (χ2v) is 8.90. The summed E-state index contributed by atoms with van der Waals surface area (Å²) in [6, 6.07) is 0.299. The van der Waals surface area contributed by atoms with Gasteiger partial charge >= 0.3 is 0 Å². The van der Waals surface area contributed by atoms with Crippen LogP contribution in [-0.2, 0) is 23.7 Å². The van der Waals surface area contributed by atoms with Crippen LogP contribution in [0.25, 0.3) is 0 Å². The molecule has 1 amide bonds. The molecule has 2 rings (SSSR count). The highest BCUT2D eigenvalue weighted by atomic mass is 16.7. The number of hydrogen-bond donors (Lipinski definition) is 1. The Hall–Kier alpha value is -1.15. The molecule has 1 fully saturated rings. The maximum Gasteiger partial charge on any atom is 0.288 e. The second kappa shape index (κ2) is 14.1. The van der Waals surface area contributed by atoms with Crippen molar-refractivity contribution in [2.45, 2.75) is 71.6 Å². The zero-order valence-corrected chi connectivity index (χ0v) is 19.9. The monoisotopic (exact) mass is 441 g/mol. The van der Waals surface area contributed by atoms with Gasteiger partial charge < -0.3 is 29.0 Å². The third kappa shape index (κ3) is 8.04. The summed E-state index contributed by atoms with van der Waals surface area (Å²) in [5.74, 6) is 1.05. The topological polar surface area (TPSA) is 77.5 Å². The predicted octanol–water partition coefficient (Wildman–Crippen LogP) is 3.36. The number of carbonyl (C=O) groups excluding carboxylic acids is 1. The fourth-order valence-corrected chi connectivity index (χ4v) is 4.60. The van der Waals surface area contributed by atoms with E-state index in [-0.39, 0.29) is 24.3 Å². The van der Waals surface area contributed by atoms with E-state index < -0.39 is 6.29 Å². The number of carbonyl (C=O) groups is 1. The molecule has 1 heterocycles. The van der Waals surface area contributed by atoms with Gasteiger partial charge in [0.2, 0.25) is 6.29 Å². The van der Waals surface area contributed by atoms with E-state index in [9.17, 15) is 4.79 Å². The number of aliphatic hydroxyl groups excluding tert-OH is 1. The first-order chi connectivity index (χ1) is 15.0. The summed E-state index contributed by atoms with van der Waals surface area (Å²) >= 11 is 0. The molecule has 2 aliphatic rings. The average Bonchev–Trinajstić information content (AvgIpc) is 2.78. The van der Waals surface area contributed by atoms with Crippen LogP contribution in [0.3, 0.4) is 0 Å². The van der Waals surface area contributed by atoms with Crippen LogP contribution in [0, 0.1) is 17.8 Å². The van der Waals surface area contributed by atoms with Crippen LogP contribution >= 0.6 is 0 Å². The van der Waals surface area contributed by atoms with Crippen molar-refractivity contribution in [1.82, 2.24) is 4.90 Å². The van der Waals surface area contributed by atoms with Crippen LogP contribution in [-0.4, -0.2) is 74.9 Å². The molecule has 180 valence electrons. The molecule has 7 heteroatoms. The normalized spacial score (nSPS) is 24.7. The van der Waals surface area contributed by atoms with Crippen LogP contribution in [0.1, 0.15) is 59.3 Å². The van der Waals surface area contributed by atoms with Gasteiger partial charge in [-0.2, -0.15) is 0 Å². The van der Waals surface area contributed by atoms with Gasteiger partial charge in [0.25, 0.3) is 5.91 Å². The van der Waals surface area contributed by atoms with E-state index in [2.05, 4.69) is 13.8 Å². The molecule has 0 radical (unpaired) electrons. The summed E-state index contributed by atoms with van der Waals surface area (Å²) in [5, 5.41) is 8.74. The molecule has 0 aromatic heterocycles. The van der Waals surface area contributed by atoms with Gasteiger partial charge in [-0.25, -0.2) is 0 Å². The zero-order chi connectivity index (χ0) is 22.6. The van der Waals surface area contributed by atoms with E-state index in [4.69, 9.17) is 24.1 Å².